The molecule has 3 N–H and O–H groups in total. The van der Waals surface area contributed by atoms with Crippen molar-refractivity contribution in [2.75, 3.05) is 13.2 Å². The maximum absolute atomic E-state index is 12.5. The van der Waals surface area contributed by atoms with Gasteiger partial charge in [0.1, 0.15) is 0 Å². The first kappa shape index (κ1) is 77.3. The molecule has 2 atom stereocenters. The molecule has 6 heteroatoms. The minimum atomic E-state index is -0.847. The highest BCUT2D eigenvalue weighted by molar-refractivity contribution is 5.76. The van der Waals surface area contributed by atoms with E-state index < -0.39 is 12.1 Å². The van der Waals surface area contributed by atoms with Gasteiger partial charge in [0.2, 0.25) is 5.91 Å². The van der Waals surface area contributed by atoms with Gasteiger partial charge in [0.25, 0.3) is 0 Å². The van der Waals surface area contributed by atoms with Gasteiger partial charge in [0.15, 0.2) is 0 Å². The van der Waals surface area contributed by atoms with Gasteiger partial charge in [-0.25, -0.2) is 0 Å². The number of rotatable bonds is 68. The van der Waals surface area contributed by atoms with Gasteiger partial charge >= 0.3 is 5.97 Å². The number of hydrogen-bond donors (Lipinski definition) is 3. The van der Waals surface area contributed by atoms with Crippen molar-refractivity contribution in [3.05, 3.63) is 24.3 Å². The average Bonchev–Trinajstić information content (AvgIpc) is 3.45. The van der Waals surface area contributed by atoms with E-state index in [1.54, 1.807) is 6.08 Å². The number of ether oxygens (including phenoxy) is 1. The number of carbonyl (C=O) groups is 2. The van der Waals surface area contributed by atoms with E-state index in [1.165, 1.54) is 340 Å². The number of aliphatic hydroxyl groups is 2. The Kier molecular flexibility index (Phi) is 67.4. The Balaban J connectivity index is 3.41. The quantitative estimate of drug-likeness (QED) is 0.0320. The van der Waals surface area contributed by atoms with E-state index in [2.05, 4.69) is 31.3 Å². The lowest BCUT2D eigenvalue weighted by Gasteiger charge is -2.20. The molecular formula is C73H141NO5. The van der Waals surface area contributed by atoms with Gasteiger partial charge < -0.3 is 20.3 Å². The summed E-state index contributed by atoms with van der Waals surface area (Å²) in [6.45, 7) is 4.95. The highest BCUT2D eigenvalue weighted by Gasteiger charge is 2.18. The monoisotopic (exact) mass is 1110 g/mol. The van der Waals surface area contributed by atoms with E-state index in [1.807, 2.05) is 6.08 Å². The van der Waals surface area contributed by atoms with Crippen LogP contribution in [0.5, 0.6) is 0 Å². The molecule has 0 aromatic carbocycles. The summed E-state index contributed by atoms with van der Waals surface area (Å²) >= 11 is 0. The fourth-order valence-corrected chi connectivity index (χ4v) is 11.5. The number of nitrogens with one attached hydrogen (secondary N) is 1. The zero-order valence-corrected chi connectivity index (χ0v) is 53.6. The molecule has 0 saturated carbocycles. The van der Waals surface area contributed by atoms with Crippen LogP contribution in [0.1, 0.15) is 406 Å². The van der Waals surface area contributed by atoms with Crippen LogP contribution in [0.2, 0.25) is 0 Å². The Labute approximate surface area is 494 Å². The van der Waals surface area contributed by atoms with Crippen LogP contribution in [0, 0.1) is 0 Å². The molecule has 0 rings (SSSR count). The fraction of sp³-hybridized carbons (Fsp3) is 0.918. The van der Waals surface area contributed by atoms with Crippen molar-refractivity contribution in [1.82, 2.24) is 5.32 Å². The van der Waals surface area contributed by atoms with Gasteiger partial charge in [-0.2, -0.15) is 0 Å². The highest BCUT2D eigenvalue weighted by atomic mass is 16.5. The smallest absolute Gasteiger partial charge is 0.305 e. The van der Waals surface area contributed by atoms with E-state index in [-0.39, 0.29) is 18.5 Å². The zero-order chi connectivity index (χ0) is 57.1. The number of unbranched alkanes of at least 4 members (excludes halogenated alkanes) is 55. The molecule has 6 nitrogen and oxygen atoms in total. The molecule has 0 bridgehead atoms. The molecule has 1 amide bonds. The lowest BCUT2D eigenvalue weighted by atomic mass is 10.0. The molecule has 0 spiro atoms. The first-order valence-corrected chi connectivity index (χ1v) is 36.1. The van der Waals surface area contributed by atoms with E-state index in [4.69, 9.17) is 4.74 Å². The number of esters is 1. The Hall–Kier alpha value is -1.66. The SMILES string of the molecule is CCCCCCCCCCCCCCCCCCCCC/C=C/C(O)C(CO)NC(=O)CCCCCCCCCCC/C=C\CCCCCCCCCCCCCCOC(=O)CCCCCCCCCCCCCCCCCC. The first-order valence-electron chi connectivity index (χ1n) is 36.1. The van der Waals surface area contributed by atoms with E-state index in [0.717, 1.165) is 38.5 Å². The van der Waals surface area contributed by atoms with Crippen LogP contribution in [0.25, 0.3) is 0 Å². The molecule has 0 heterocycles. The molecule has 468 valence electrons. The predicted octanol–water partition coefficient (Wildman–Crippen LogP) is 23.3. The van der Waals surface area contributed by atoms with Crippen molar-refractivity contribution in [3.8, 4) is 0 Å². The maximum atomic E-state index is 12.5. The normalized spacial score (nSPS) is 12.6. The van der Waals surface area contributed by atoms with Crippen LogP contribution < -0.4 is 5.32 Å². The van der Waals surface area contributed by atoms with Crippen LogP contribution in [-0.4, -0.2) is 47.4 Å². The highest BCUT2D eigenvalue weighted by Crippen LogP contribution is 2.19. The van der Waals surface area contributed by atoms with E-state index in [0.29, 0.717) is 19.4 Å². The van der Waals surface area contributed by atoms with Crippen molar-refractivity contribution in [2.45, 2.75) is 418 Å². The Morgan fingerprint density at radius 1 is 0.342 bits per heavy atom. The molecule has 0 aliphatic rings. The second kappa shape index (κ2) is 68.8. The summed E-state index contributed by atoms with van der Waals surface area (Å²) in [5.74, 6) is -0.0496. The fourth-order valence-electron chi connectivity index (χ4n) is 11.5. The second-order valence-electron chi connectivity index (χ2n) is 24.9. The third-order valence-corrected chi connectivity index (χ3v) is 17.0. The van der Waals surface area contributed by atoms with Gasteiger partial charge in [0, 0.05) is 12.8 Å². The van der Waals surface area contributed by atoms with E-state index >= 15 is 0 Å². The summed E-state index contributed by atoms with van der Waals surface area (Å²) in [6, 6.07) is -0.631. The molecule has 0 saturated heterocycles. The largest absolute Gasteiger partial charge is 0.466 e. The number of hydrogen-bond acceptors (Lipinski definition) is 5. The Bertz CT molecular complexity index is 1230. The Morgan fingerprint density at radius 3 is 0.899 bits per heavy atom. The topological polar surface area (TPSA) is 95.9 Å². The summed E-state index contributed by atoms with van der Waals surface area (Å²) in [7, 11) is 0. The van der Waals surface area contributed by atoms with Crippen molar-refractivity contribution < 1.29 is 24.5 Å². The molecule has 0 aliphatic heterocycles. The van der Waals surface area contributed by atoms with Crippen molar-refractivity contribution in [3.63, 3.8) is 0 Å². The molecule has 0 radical (unpaired) electrons. The minimum absolute atomic E-state index is 0.0174. The molecule has 0 aromatic rings. The second-order valence-corrected chi connectivity index (χ2v) is 24.9. The van der Waals surface area contributed by atoms with Crippen LogP contribution in [0.15, 0.2) is 24.3 Å². The molecule has 0 aliphatic carbocycles. The van der Waals surface area contributed by atoms with Crippen molar-refractivity contribution in [2.24, 2.45) is 0 Å². The van der Waals surface area contributed by atoms with Gasteiger partial charge in [-0.05, 0) is 57.8 Å². The lowest BCUT2D eigenvalue weighted by Crippen LogP contribution is -2.45. The van der Waals surface area contributed by atoms with E-state index in [9.17, 15) is 19.8 Å². The summed E-state index contributed by atoms with van der Waals surface area (Å²) in [6.07, 6.45) is 86.9. The van der Waals surface area contributed by atoms with Gasteiger partial charge in [-0.1, -0.05) is 359 Å². The van der Waals surface area contributed by atoms with Crippen LogP contribution >= 0.6 is 0 Å². The van der Waals surface area contributed by atoms with Crippen LogP contribution in [0.3, 0.4) is 0 Å². The zero-order valence-electron chi connectivity index (χ0n) is 53.6. The molecular weight excluding hydrogens is 971 g/mol. The summed E-state index contributed by atoms with van der Waals surface area (Å²) in [4.78, 5) is 24.6. The number of allylic oxidation sites excluding steroid dienone is 3. The summed E-state index contributed by atoms with van der Waals surface area (Å²) < 4.78 is 5.50. The summed E-state index contributed by atoms with van der Waals surface area (Å²) in [5.41, 5.74) is 0. The molecule has 0 aromatic heterocycles. The van der Waals surface area contributed by atoms with Crippen LogP contribution in [0.4, 0.5) is 0 Å². The third kappa shape index (κ3) is 65.4. The van der Waals surface area contributed by atoms with Crippen molar-refractivity contribution in [1.29, 1.82) is 0 Å². The van der Waals surface area contributed by atoms with Gasteiger partial charge in [-0.3, -0.25) is 9.59 Å². The average molecular weight is 1110 g/mol. The number of aliphatic hydroxyl groups excluding tert-OH is 2. The first-order chi connectivity index (χ1) is 39.0. The molecule has 2 unspecified atom stereocenters. The molecule has 0 fully saturated rings. The minimum Gasteiger partial charge on any atom is -0.466 e. The third-order valence-electron chi connectivity index (χ3n) is 17.0. The predicted molar refractivity (Wildman–Crippen MR) is 347 cm³/mol. The van der Waals surface area contributed by atoms with Gasteiger partial charge in [-0.15, -0.1) is 0 Å². The van der Waals surface area contributed by atoms with Crippen molar-refractivity contribution >= 4 is 11.9 Å². The van der Waals surface area contributed by atoms with Gasteiger partial charge in [0.05, 0.1) is 25.4 Å². The maximum Gasteiger partial charge on any atom is 0.305 e. The number of amides is 1. The van der Waals surface area contributed by atoms with Crippen LogP contribution in [-0.2, 0) is 14.3 Å². The number of carbonyl (C=O) groups excluding carboxylic acids is 2. The standard InChI is InChI=1S/C73H141NO5/c1-3-5-7-9-11-13-15-17-19-21-22-28-31-34-37-41-45-49-53-57-61-65-71(76)70(69-75)74-72(77)66-62-58-54-50-46-42-38-35-32-29-26-24-23-25-27-30-33-36-40-44-48-52-56-60-64-68-79-73(78)67-63-59-55-51-47-43-39-20-18-16-14-12-10-8-6-4-2/h24,26,61,65,70-71,75-76H,3-23,25,27-60,62-64,66-69H2,1-2H3,(H,74,77)/b26-24-,65-61+. The molecule has 79 heavy (non-hydrogen) atoms. The summed E-state index contributed by atoms with van der Waals surface area (Å²) in [5, 5.41) is 23.2. The Morgan fingerprint density at radius 2 is 0.595 bits per heavy atom. The lowest BCUT2D eigenvalue weighted by molar-refractivity contribution is -0.143.